The SMILES string of the molecule is c1ccc([Si]2(c3ccccc3)c3ccccc3-c3cc(-n4c5ccccc5c5ccccc54)ccc32)cc1. The molecule has 0 unspecified atom stereocenters. The summed E-state index contributed by atoms with van der Waals surface area (Å²) in [6, 6.07) is 56.2. The van der Waals surface area contributed by atoms with E-state index < -0.39 is 8.07 Å². The van der Waals surface area contributed by atoms with Gasteiger partial charge in [0.15, 0.2) is 8.07 Å². The van der Waals surface area contributed by atoms with Gasteiger partial charge < -0.3 is 4.57 Å². The fourth-order valence-corrected chi connectivity index (χ4v) is 11.9. The molecule has 0 fully saturated rings. The van der Waals surface area contributed by atoms with E-state index in [0.717, 1.165) is 0 Å². The highest BCUT2D eigenvalue weighted by atomic mass is 28.3. The molecule has 0 radical (unpaired) electrons. The molecule has 2 heteroatoms. The van der Waals surface area contributed by atoms with Crippen LogP contribution in [0.25, 0.3) is 38.6 Å². The molecule has 7 aromatic rings. The Hall–Kier alpha value is -4.66. The van der Waals surface area contributed by atoms with Crippen LogP contribution in [0.15, 0.2) is 152 Å². The van der Waals surface area contributed by atoms with E-state index in [9.17, 15) is 0 Å². The molecule has 0 N–H and O–H groups in total. The van der Waals surface area contributed by atoms with Gasteiger partial charge in [0.1, 0.15) is 0 Å². The summed E-state index contributed by atoms with van der Waals surface area (Å²) in [7, 11) is -2.45. The summed E-state index contributed by atoms with van der Waals surface area (Å²) in [6.07, 6.45) is 0. The van der Waals surface area contributed by atoms with E-state index in [4.69, 9.17) is 0 Å². The lowest BCUT2D eigenvalue weighted by molar-refractivity contribution is 1.18. The van der Waals surface area contributed by atoms with Crippen LogP contribution in [0.2, 0.25) is 0 Å². The van der Waals surface area contributed by atoms with E-state index in [1.165, 1.54) is 59.4 Å². The van der Waals surface area contributed by atoms with Gasteiger partial charge in [0.25, 0.3) is 0 Å². The first-order valence-corrected chi connectivity index (χ1v) is 15.2. The summed E-state index contributed by atoms with van der Waals surface area (Å²) in [5.74, 6) is 0. The highest BCUT2D eigenvalue weighted by Crippen LogP contribution is 2.35. The Kier molecular flexibility index (Phi) is 4.61. The van der Waals surface area contributed by atoms with Gasteiger partial charge in [-0.2, -0.15) is 0 Å². The minimum absolute atomic E-state index is 1.21. The number of fused-ring (bicyclic) bond motifs is 6. The molecule has 1 nitrogen and oxygen atoms in total. The van der Waals surface area contributed by atoms with Gasteiger partial charge in [-0.3, -0.25) is 0 Å². The van der Waals surface area contributed by atoms with Crippen LogP contribution in [0.5, 0.6) is 0 Å². The first-order valence-electron chi connectivity index (χ1n) is 13.2. The van der Waals surface area contributed by atoms with Gasteiger partial charge in [-0.15, -0.1) is 0 Å². The molecule has 0 bridgehead atoms. The summed E-state index contributed by atoms with van der Waals surface area (Å²) in [4.78, 5) is 0. The third-order valence-electron chi connectivity index (χ3n) is 8.28. The van der Waals surface area contributed by atoms with E-state index in [1.54, 1.807) is 0 Å². The number of rotatable bonds is 3. The molecule has 178 valence electrons. The molecular weight excluding hydrogens is 474 g/mol. The lowest BCUT2D eigenvalue weighted by Crippen LogP contribution is -2.72. The minimum atomic E-state index is -2.45. The van der Waals surface area contributed by atoms with Crippen molar-refractivity contribution < 1.29 is 0 Å². The lowest BCUT2D eigenvalue weighted by atomic mass is 10.1. The monoisotopic (exact) mass is 499 g/mol. The van der Waals surface area contributed by atoms with Gasteiger partial charge in [-0.25, -0.2) is 0 Å². The number of para-hydroxylation sites is 2. The fraction of sp³-hybridized carbons (Fsp3) is 0. The van der Waals surface area contributed by atoms with Crippen molar-refractivity contribution in [3.8, 4) is 16.8 Å². The van der Waals surface area contributed by atoms with Gasteiger partial charge in [-0.1, -0.05) is 127 Å². The molecule has 0 aliphatic carbocycles. The van der Waals surface area contributed by atoms with E-state index in [0.29, 0.717) is 0 Å². The maximum atomic E-state index is 2.44. The Bertz CT molecular complexity index is 1880. The number of hydrogen-bond donors (Lipinski definition) is 0. The topological polar surface area (TPSA) is 4.93 Å². The maximum Gasteiger partial charge on any atom is 0.180 e. The van der Waals surface area contributed by atoms with Crippen molar-refractivity contribution in [1.29, 1.82) is 0 Å². The van der Waals surface area contributed by atoms with E-state index in [1.807, 2.05) is 0 Å². The van der Waals surface area contributed by atoms with Crippen molar-refractivity contribution in [2.24, 2.45) is 0 Å². The van der Waals surface area contributed by atoms with Crippen LogP contribution in [-0.2, 0) is 0 Å². The molecule has 1 aliphatic rings. The van der Waals surface area contributed by atoms with Crippen LogP contribution in [0, 0.1) is 0 Å². The standard InChI is InChI=1S/C36H25NSi/c1-3-13-27(14-4-1)38(28-15-5-2-6-16-28)35-22-12-9-19-31(35)32-25-26(23-24-36(32)38)37-33-20-10-7-17-29(33)30-18-8-11-21-34(30)37/h1-25H. The second-order valence-electron chi connectivity index (χ2n) is 10.1. The average Bonchev–Trinajstić information content (AvgIpc) is 3.49. The number of hydrogen-bond acceptors (Lipinski definition) is 0. The molecule has 1 aliphatic heterocycles. The molecule has 0 amide bonds. The summed E-state index contributed by atoms with van der Waals surface area (Å²) >= 11 is 0. The smallest absolute Gasteiger partial charge is 0.180 e. The Morgan fingerprint density at radius 3 is 1.53 bits per heavy atom. The van der Waals surface area contributed by atoms with Crippen molar-refractivity contribution in [2.75, 3.05) is 0 Å². The number of aromatic nitrogens is 1. The zero-order valence-electron chi connectivity index (χ0n) is 20.9. The molecule has 6 aromatic carbocycles. The normalized spacial score (nSPS) is 13.5. The van der Waals surface area contributed by atoms with E-state index >= 15 is 0 Å². The maximum absolute atomic E-state index is 2.45. The third kappa shape index (κ3) is 2.81. The highest BCUT2D eigenvalue weighted by Gasteiger charge is 2.48. The van der Waals surface area contributed by atoms with Gasteiger partial charge in [0, 0.05) is 16.5 Å². The zero-order valence-corrected chi connectivity index (χ0v) is 21.9. The number of benzene rings is 6. The minimum Gasteiger partial charge on any atom is -0.309 e. The third-order valence-corrected chi connectivity index (χ3v) is 13.2. The molecule has 0 spiro atoms. The predicted molar refractivity (Wildman–Crippen MR) is 163 cm³/mol. The molecule has 38 heavy (non-hydrogen) atoms. The first-order chi connectivity index (χ1) is 18.9. The van der Waals surface area contributed by atoms with Gasteiger partial charge in [-0.05, 0) is 56.1 Å². The van der Waals surface area contributed by atoms with Crippen molar-refractivity contribution in [3.05, 3.63) is 152 Å². The highest BCUT2D eigenvalue weighted by molar-refractivity contribution is 7.22. The number of nitrogens with zero attached hydrogens (tertiary/aromatic N) is 1. The molecule has 8 rings (SSSR count). The Balaban J connectivity index is 1.47. The molecule has 0 saturated heterocycles. The van der Waals surface area contributed by atoms with Gasteiger partial charge >= 0.3 is 0 Å². The van der Waals surface area contributed by atoms with E-state index in [2.05, 4.69) is 156 Å². The van der Waals surface area contributed by atoms with Crippen molar-refractivity contribution >= 4 is 50.6 Å². The van der Waals surface area contributed by atoms with Crippen LogP contribution in [-0.4, -0.2) is 12.6 Å². The van der Waals surface area contributed by atoms with Crippen molar-refractivity contribution in [3.63, 3.8) is 0 Å². The lowest BCUT2D eigenvalue weighted by Gasteiger charge is -2.31. The second kappa shape index (κ2) is 8.17. The Morgan fingerprint density at radius 1 is 0.395 bits per heavy atom. The summed E-state index contributed by atoms with van der Waals surface area (Å²) in [6.45, 7) is 0. The zero-order chi connectivity index (χ0) is 25.1. The molecule has 0 saturated carbocycles. The molecular formula is C36H25NSi. The predicted octanol–water partition coefficient (Wildman–Crippen LogP) is 6.14. The summed E-state index contributed by atoms with van der Waals surface area (Å²) in [5.41, 5.74) is 6.43. The Morgan fingerprint density at radius 2 is 0.895 bits per heavy atom. The quantitative estimate of drug-likeness (QED) is 0.257. The average molecular weight is 500 g/mol. The second-order valence-corrected chi connectivity index (χ2v) is 13.9. The van der Waals surface area contributed by atoms with Crippen LogP contribution >= 0.6 is 0 Å². The van der Waals surface area contributed by atoms with Gasteiger partial charge in [0.05, 0.1) is 11.0 Å². The van der Waals surface area contributed by atoms with Gasteiger partial charge in [0.2, 0.25) is 0 Å². The van der Waals surface area contributed by atoms with Crippen LogP contribution in [0.3, 0.4) is 0 Å². The fourth-order valence-electron chi connectivity index (χ4n) is 6.78. The largest absolute Gasteiger partial charge is 0.309 e. The van der Waals surface area contributed by atoms with Crippen LogP contribution in [0.4, 0.5) is 0 Å². The molecule has 2 heterocycles. The molecule has 0 atom stereocenters. The van der Waals surface area contributed by atoms with Crippen molar-refractivity contribution in [2.45, 2.75) is 0 Å². The summed E-state index contributed by atoms with van der Waals surface area (Å²) in [5, 5.41) is 8.40. The Labute approximate surface area is 223 Å². The summed E-state index contributed by atoms with van der Waals surface area (Å²) < 4.78 is 2.43. The van der Waals surface area contributed by atoms with Crippen molar-refractivity contribution in [1.82, 2.24) is 4.57 Å². The van der Waals surface area contributed by atoms with E-state index in [-0.39, 0.29) is 0 Å². The first kappa shape index (κ1) is 21.4. The van der Waals surface area contributed by atoms with Crippen LogP contribution in [0.1, 0.15) is 0 Å². The van der Waals surface area contributed by atoms with Crippen LogP contribution < -0.4 is 20.7 Å². The molecule has 1 aromatic heterocycles.